The van der Waals surface area contributed by atoms with Crippen LogP contribution in [0.4, 0.5) is 103 Å². The van der Waals surface area contributed by atoms with Crippen LogP contribution < -0.4 is 50.7 Å². The zero-order valence-electron chi connectivity index (χ0n) is 57.5. The third-order valence-corrected chi connectivity index (χ3v) is 21.3. The Kier molecular flexibility index (Phi) is 22.3. The topological polar surface area (TPSA) is 243 Å². The molecule has 0 saturated carbocycles. The standard InChI is InChI=1S/C18H16F2N4O4.C18H20F2N4.C18H18F2N2.C17H16F2N2.C2H4Br2.H2N2.H2O.H2/c1-9-5-13(19)17-11(15(9)23(25)26)7-21-3-4-22(17)8-12-16(24(27)28)10(2)6-14(20)18(12)21;1-9-5-13(19)17-11(15(9)21)7-23-3-4-24(17)8-12-16(22)10(2)6-14(20)18(12)23;1-11-5-13-9-21-3-4-22(17(13)15(19)7-11)10-14-6-12(2)8-16(20)18(14)21;1-10-3-12-7-20-9-21(16(12)14(18)5-10)8-13-4-11(2)6-15(19)17(13)20;3-1-2-4;1-2;;/h5-6H,3-4,7-8H2,1-2H3;5-6H,3-4,7-8,21-22H2,1-2H3;5-8H,3-4,9-10H2,1-2H3;3-6H,7-9H2,1-2H3;1-2H2;1-2H;1H2;1H. The first kappa shape index (κ1) is 75.2. The fourth-order valence-corrected chi connectivity index (χ4v) is 15.5. The molecule has 16 rings (SSSR count). The number of benzene rings is 8. The summed E-state index contributed by atoms with van der Waals surface area (Å²) in [6, 6.07) is 19.5. The molecule has 542 valence electrons. The van der Waals surface area contributed by atoms with Gasteiger partial charge in [0.15, 0.2) is 0 Å². The largest absolute Gasteiger partial charge is 0.412 e. The van der Waals surface area contributed by atoms with E-state index in [-0.39, 0.29) is 113 Å². The lowest BCUT2D eigenvalue weighted by molar-refractivity contribution is -0.386. The summed E-state index contributed by atoms with van der Waals surface area (Å²) in [5.41, 5.74) is 38.0. The molecule has 8 heterocycles. The maximum atomic E-state index is 14.8. The Morgan fingerprint density at radius 3 is 0.843 bits per heavy atom. The lowest BCUT2D eigenvalue weighted by Crippen LogP contribution is -2.47. The molecule has 0 radical (unpaired) electrons. The van der Waals surface area contributed by atoms with E-state index >= 15 is 0 Å². The van der Waals surface area contributed by atoms with Gasteiger partial charge in [-0.25, -0.2) is 46.2 Å². The van der Waals surface area contributed by atoms with Crippen molar-refractivity contribution < 1.29 is 51.9 Å². The van der Waals surface area contributed by atoms with Crippen LogP contribution in [-0.2, 0) is 52.4 Å². The van der Waals surface area contributed by atoms with E-state index in [2.05, 4.69) is 41.7 Å². The van der Waals surface area contributed by atoms with Crippen LogP contribution in [0.3, 0.4) is 0 Å². The molecule has 8 aliphatic rings. The average molecular weight is 1550 g/mol. The summed E-state index contributed by atoms with van der Waals surface area (Å²) >= 11 is 6.40. The van der Waals surface area contributed by atoms with Crippen molar-refractivity contribution in [2.45, 2.75) is 108 Å². The number of nitrogens with two attached hydrogens (primary N) is 2. The number of nitrogens with zero attached hydrogens (tertiary/aromatic N) is 10. The lowest BCUT2D eigenvalue weighted by Gasteiger charge is -2.45. The third-order valence-electron chi connectivity index (χ3n) is 19.5. The van der Waals surface area contributed by atoms with Gasteiger partial charge in [-0.15, -0.1) is 0 Å². The molecule has 8 aliphatic heterocycles. The Balaban J connectivity index is 0.000000155. The molecule has 0 aromatic heterocycles. The predicted octanol–water partition coefficient (Wildman–Crippen LogP) is 16.4. The van der Waals surface area contributed by atoms with E-state index in [0.717, 1.165) is 78.4 Å². The van der Waals surface area contributed by atoms with E-state index < -0.39 is 21.5 Å². The van der Waals surface area contributed by atoms with Gasteiger partial charge in [0.25, 0.3) is 11.4 Å². The molecule has 8 bridgehead atoms. The molecule has 102 heavy (non-hydrogen) atoms. The number of fused-ring (bicyclic) bond motifs is 27. The van der Waals surface area contributed by atoms with E-state index in [9.17, 15) is 55.4 Å². The van der Waals surface area contributed by atoms with E-state index in [1.54, 1.807) is 38.1 Å². The molecule has 19 nitrogen and oxygen atoms in total. The number of nitrogens with one attached hydrogen (secondary N) is 2. The highest BCUT2D eigenvalue weighted by Gasteiger charge is 2.41. The minimum absolute atomic E-state index is 0. The van der Waals surface area contributed by atoms with Gasteiger partial charge in [-0.05, 0) is 160 Å². The van der Waals surface area contributed by atoms with Gasteiger partial charge in [-0.3, -0.25) is 20.2 Å². The summed E-state index contributed by atoms with van der Waals surface area (Å²) in [4.78, 5) is 37.1. The number of hydrogen-bond donors (Lipinski definition) is 4. The van der Waals surface area contributed by atoms with Crippen molar-refractivity contribution in [1.82, 2.24) is 0 Å². The van der Waals surface area contributed by atoms with Gasteiger partial charge < -0.3 is 56.1 Å². The molecular formula is C73H80Br2F8N14O5. The molecule has 8 aromatic rings. The highest BCUT2D eigenvalue weighted by molar-refractivity contribution is 9.11. The average Bonchev–Trinajstić information content (AvgIpc) is 1.59. The van der Waals surface area contributed by atoms with Crippen molar-refractivity contribution >= 4 is 100 Å². The molecule has 8 aromatic carbocycles. The van der Waals surface area contributed by atoms with Crippen LogP contribution in [-0.4, -0.2) is 71.9 Å². The second-order valence-electron chi connectivity index (χ2n) is 26.5. The number of aryl methyl sites for hydroxylation is 8. The Hall–Kier alpha value is -9.48. The smallest absolute Gasteiger partial charge is 0.279 e. The number of alkyl halides is 2. The normalized spacial score (nSPS) is 14.9. The number of nitrogen functional groups attached to an aromatic ring is 2. The van der Waals surface area contributed by atoms with Crippen LogP contribution >= 0.6 is 31.9 Å². The highest BCUT2D eigenvalue weighted by atomic mass is 79.9. The highest BCUT2D eigenvalue weighted by Crippen LogP contribution is 2.49. The summed E-state index contributed by atoms with van der Waals surface area (Å²) in [7, 11) is 0. The Labute approximate surface area is 603 Å². The zero-order valence-corrected chi connectivity index (χ0v) is 60.7. The molecule has 0 fully saturated rings. The lowest BCUT2D eigenvalue weighted by atomic mass is 9.98. The van der Waals surface area contributed by atoms with Crippen LogP contribution in [0.5, 0.6) is 0 Å². The molecule has 8 N–H and O–H groups in total. The van der Waals surface area contributed by atoms with Crippen molar-refractivity contribution in [3.8, 4) is 0 Å². The first-order chi connectivity index (χ1) is 48.0. The van der Waals surface area contributed by atoms with Gasteiger partial charge in [-0.1, -0.05) is 56.1 Å². The number of anilines is 10. The summed E-state index contributed by atoms with van der Waals surface area (Å²) in [5.74, 6) is -2.52. The van der Waals surface area contributed by atoms with E-state index in [4.69, 9.17) is 22.5 Å². The Morgan fingerprint density at radius 1 is 0.363 bits per heavy atom. The number of rotatable bonds is 3. The SMILES string of the molecule is BrCCBr.Cc1cc(F)c2c(c1)CN1CCN2Cc2cc(C)cc(F)c21.Cc1cc(F)c2c(c1)CN1CN2Cc2cc(C)cc(F)c21.Cc1cc(F)c2c(c1N)CN1CCN2Cc2c(N)c(C)cc(F)c21.Cc1cc(F)c2c(c1[N+](=O)[O-])CN1CCN2Cc2c1c(F)cc(C)c2[N+](=O)[O-].N=N.O.[HH]. The van der Waals surface area contributed by atoms with E-state index in [0.29, 0.717) is 129 Å². The number of hydrogen-bond acceptors (Lipinski definition) is 16. The van der Waals surface area contributed by atoms with E-state index in [1.165, 1.54) is 35.8 Å². The van der Waals surface area contributed by atoms with E-state index in [1.807, 2.05) is 71.6 Å². The Bertz CT molecular complexity index is 4390. The second kappa shape index (κ2) is 30.2. The van der Waals surface area contributed by atoms with Crippen molar-refractivity contribution in [1.29, 1.82) is 11.1 Å². The molecular weight excluding hydrogens is 1460 g/mol. The number of nitro benzene ring substituents is 2. The molecule has 0 spiro atoms. The monoisotopic (exact) mass is 1540 g/mol. The third kappa shape index (κ3) is 14.1. The molecule has 0 atom stereocenters. The second-order valence-corrected chi connectivity index (χ2v) is 28.1. The number of halogens is 10. The van der Waals surface area contributed by atoms with Crippen LogP contribution in [0, 0.1) is 133 Å². The number of nitro groups is 2. The van der Waals surface area contributed by atoms with Crippen LogP contribution in [0.2, 0.25) is 0 Å². The van der Waals surface area contributed by atoms with Gasteiger partial charge in [0.2, 0.25) is 0 Å². The molecule has 0 saturated heterocycles. The van der Waals surface area contributed by atoms with Crippen LogP contribution in [0.15, 0.2) is 72.8 Å². The summed E-state index contributed by atoms with van der Waals surface area (Å²) in [5, 5.41) is 25.3. The minimum Gasteiger partial charge on any atom is -0.412 e. The van der Waals surface area contributed by atoms with Gasteiger partial charge in [0.05, 0.1) is 86.2 Å². The fourth-order valence-electron chi connectivity index (χ4n) is 15.5. The van der Waals surface area contributed by atoms with Crippen LogP contribution in [0.1, 0.15) is 90.4 Å². The first-order valence-corrected chi connectivity index (χ1v) is 34.9. The zero-order chi connectivity index (χ0) is 73.1. The fraction of sp³-hybridized carbons (Fsp3) is 0.342. The van der Waals surface area contributed by atoms with Crippen molar-refractivity contribution in [3.05, 3.63) is 229 Å². The summed E-state index contributed by atoms with van der Waals surface area (Å²) in [6.07, 6.45) is 0. The summed E-state index contributed by atoms with van der Waals surface area (Å²) < 4.78 is 117. The minimum atomic E-state index is -0.626. The van der Waals surface area contributed by atoms with Gasteiger partial charge >= 0.3 is 0 Å². The maximum Gasteiger partial charge on any atom is 0.279 e. The first-order valence-electron chi connectivity index (χ1n) is 32.7. The predicted molar refractivity (Wildman–Crippen MR) is 394 cm³/mol. The van der Waals surface area contributed by atoms with Gasteiger partial charge in [-0.2, -0.15) is 0 Å². The Morgan fingerprint density at radius 2 is 0.578 bits per heavy atom. The van der Waals surface area contributed by atoms with Crippen molar-refractivity contribution in [3.63, 3.8) is 0 Å². The van der Waals surface area contributed by atoms with Gasteiger partial charge in [0.1, 0.15) is 46.5 Å². The van der Waals surface area contributed by atoms with Crippen LogP contribution in [0.25, 0.3) is 0 Å². The molecule has 0 amide bonds. The maximum absolute atomic E-state index is 14.8. The summed E-state index contributed by atoms with van der Waals surface area (Å²) in [6.45, 7) is 20.5. The van der Waals surface area contributed by atoms with Crippen molar-refractivity contribution in [2.75, 3.05) is 107 Å². The molecule has 0 unspecified atom stereocenters. The van der Waals surface area contributed by atoms with Gasteiger partial charge in [0, 0.05) is 124 Å². The molecule has 29 heteroatoms. The van der Waals surface area contributed by atoms with Crippen molar-refractivity contribution in [2.24, 2.45) is 0 Å². The molecule has 0 aliphatic carbocycles. The quantitative estimate of drug-likeness (QED) is 0.0321.